The Morgan fingerprint density at radius 1 is 1.47 bits per heavy atom. The number of nitrogen functional groups attached to an aromatic ring is 1. The molecule has 0 aliphatic carbocycles. The van der Waals surface area contributed by atoms with Crippen LogP contribution in [0.4, 0.5) is 5.69 Å². The number of hydrogen-bond donors (Lipinski definition) is 3. The fraction of sp³-hybridized carbons (Fsp3) is 0.0909. The van der Waals surface area contributed by atoms with Crippen molar-refractivity contribution in [3.8, 4) is 0 Å². The molecule has 0 spiro atoms. The zero-order valence-corrected chi connectivity index (χ0v) is 9.66. The molecule has 1 heterocycles. The van der Waals surface area contributed by atoms with Crippen LogP contribution in [-0.2, 0) is 6.54 Å². The number of anilines is 1. The third-order valence-corrected chi connectivity index (χ3v) is 2.55. The fourth-order valence-corrected chi connectivity index (χ4v) is 1.64. The van der Waals surface area contributed by atoms with Crippen LogP contribution < -0.4 is 11.1 Å². The molecule has 0 atom stereocenters. The minimum absolute atomic E-state index is 0.246. The molecule has 0 radical (unpaired) electrons. The first-order valence-corrected chi connectivity index (χ1v) is 5.36. The summed E-state index contributed by atoms with van der Waals surface area (Å²) < 4.78 is 0. The topological polar surface area (TPSA) is 83.8 Å². The highest BCUT2D eigenvalue weighted by atomic mass is 35.5. The minimum Gasteiger partial charge on any atom is -0.399 e. The summed E-state index contributed by atoms with van der Waals surface area (Å²) in [7, 11) is 0. The number of benzene rings is 1. The van der Waals surface area contributed by atoms with Crippen molar-refractivity contribution in [2.75, 3.05) is 5.73 Å². The Hall–Kier alpha value is -2.01. The average Bonchev–Trinajstić information content (AvgIpc) is 2.78. The van der Waals surface area contributed by atoms with E-state index in [2.05, 4.69) is 15.5 Å². The van der Waals surface area contributed by atoms with Gasteiger partial charge in [0, 0.05) is 11.9 Å². The largest absolute Gasteiger partial charge is 0.399 e. The molecule has 1 aromatic carbocycles. The summed E-state index contributed by atoms with van der Waals surface area (Å²) in [6, 6.07) is 6.56. The first kappa shape index (κ1) is 11.5. The number of nitrogens with two attached hydrogens (primary N) is 1. The number of carbonyl (C=O) groups excluding carboxylic acids is 1. The molecule has 0 aliphatic heterocycles. The van der Waals surface area contributed by atoms with Gasteiger partial charge in [-0.3, -0.25) is 9.89 Å². The van der Waals surface area contributed by atoms with Crippen LogP contribution in [0.15, 0.2) is 30.5 Å². The molecular weight excluding hydrogens is 240 g/mol. The van der Waals surface area contributed by atoms with E-state index < -0.39 is 0 Å². The summed E-state index contributed by atoms with van der Waals surface area (Å²) >= 11 is 5.92. The normalized spacial score (nSPS) is 10.2. The summed E-state index contributed by atoms with van der Waals surface area (Å²) in [4.78, 5) is 11.8. The zero-order valence-electron chi connectivity index (χ0n) is 8.90. The van der Waals surface area contributed by atoms with Crippen LogP contribution >= 0.6 is 11.6 Å². The molecule has 0 fully saturated rings. The highest BCUT2D eigenvalue weighted by Gasteiger charge is 2.10. The van der Waals surface area contributed by atoms with Crippen LogP contribution in [-0.4, -0.2) is 16.1 Å². The van der Waals surface area contributed by atoms with Crippen molar-refractivity contribution >= 4 is 23.2 Å². The summed E-state index contributed by atoms with van der Waals surface area (Å²) in [5, 5.41) is 9.60. The molecule has 17 heavy (non-hydrogen) atoms. The van der Waals surface area contributed by atoms with Crippen LogP contribution in [0.3, 0.4) is 0 Å². The molecule has 1 amide bonds. The van der Waals surface area contributed by atoms with Crippen molar-refractivity contribution in [2.45, 2.75) is 6.54 Å². The van der Waals surface area contributed by atoms with E-state index in [1.54, 1.807) is 30.5 Å². The Bertz CT molecular complexity index is 524. The van der Waals surface area contributed by atoms with Gasteiger partial charge < -0.3 is 11.1 Å². The third kappa shape index (κ3) is 2.76. The second kappa shape index (κ2) is 4.88. The number of aromatic amines is 1. The Morgan fingerprint density at radius 2 is 2.29 bits per heavy atom. The monoisotopic (exact) mass is 250 g/mol. The number of nitrogens with zero attached hydrogens (tertiary/aromatic N) is 1. The SMILES string of the molecule is Nc1ccc(C(=O)NCc2ccn[nH]2)c(Cl)c1. The summed E-state index contributed by atoms with van der Waals surface area (Å²) in [5.41, 5.74) is 7.30. The molecule has 0 unspecified atom stereocenters. The van der Waals surface area contributed by atoms with Gasteiger partial charge in [0.15, 0.2) is 0 Å². The maximum Gasteiger partial charge on any atom is 0.253 e. The maximum absolute atomic E-state index is 11.8. The fourth-order valence-electron chi connectivity index (χ4n) is 1.37. The average molecular weight is 251 g/mol. The molecule has 0 aliphatic rings. The van der Waals surface area contributed by atoms with Crippen molar-refractivity contribution in [1.29, 1.82) is 0 Å². The lowest BCUT2D eigenvalue weighted by atomic mass is 10.2. The Balaban J connectivity index is 2.04. The summed E-state index contributed by atoms with van der Waals surface area (Å²) in [6.07, 6.45) is 1.62. The first-order valence-electron chi connectivity index (χ1n) is 4.98. The third-order valence-electron chi connectivity index (χ3n) is 2.24. The predicted octanol–water partition coefficient (Wildman–Crippen LogP) is 1.58. The molecule has 88 valence electrons. The number of amides is 1. The van der Waals surface area contributed by atoms with Crippen molar-refractivity contribution in [3.63, 3.8) is 0 Å². The van der Waals surface area contributed by atoms with Gasteiger partial charge in [0.1, 0.15) is 0 Å². The molecule has 4 N–H and O–H groups in total. The summed E-state index contributed by atoms with van der Waals surface area (Å²) in [6.45, 7) is 0.375. The molecule has 5 nitrogen and oxygen atoms in total. The van der Waals surface area contributed by atoms with Crippen LogP contribution in [0.25, 0.3) is 0 Å². The van der Waals surface area contributed by atoms with Crippen LogP contribution in [0.5, 0.6) is 0 Å². The first-order chi connectivity index (χ1) is 8.16. The van der Waals surface area contributed by atoms with Gasteiger partial charge in [0.25, 0.3) is 5.91 Å². The Labute approximate surface area is 103 Å². The van der Waals surface area contributed by atoms with E-state index in [4.69, 9.17) is 17.3 Å². The minimum atomic E-state index is -0.246. The molecule has 1 aromatic heterocycles. The standard InChI is InChI=1S/C11H11ClN4O/c12-10-5-7(13)1-2-9(10)11(17)14-6-8-3-4-15-16-8/h1-5H,6,13H2,(H,14,17)(H,15,16). The van der Waals surface area contributed by atoms with Crippen molar-refractivity contribution in [1.82, 2.24) is 15.5 Å². The lowest BCUT2D eigenvalue weighted by molar-refractivity contribution is 0.0950. The van der Waals surface area contributed by atoms with Crippen molar-refractivity contribution in [2.24, 2.45) is 0 Å². The van der Waals surface area contributed by atoms with Crippen LogP contribution in [0.2, 0.25) is 5.02 Å². The molecule has 6 heteroatoms. The molecule has 0 bridgehead atoms. The summed E-state index contributed by atoms with van der Waals surface area (Å²) in [5.74, 6) is -0.246. The van der Waals surface area contributed by atoms with Crippen LogP contribution in [0, 0.1) is 0 Å². The number of aromatic nitrogens is 2. The second-order valence-corrected chi connectivity index (χ2v) is 3.91. The number of carbonyl (C=O) groups is 1. The highest BCUT2D eigenvalue weighted by Crippen LogP contribution is 2.18. The smallest absolute Gasteiger partial charge is 0.253 e. The van der Waals surface area contributed by atoms with E-state index in [-0.39, 0.29) is 5.91 Å². The van der Waals surface area contributed by atoms with Gasteiger partial charge in [-0.25, -0.2) is 0 Å². The van der Waals surface area contributed by atoms with Gasteiger partial charge in [-0.1, -0.05) is 11.6 Å². The van der Waals surface area contributed by atoms with Crippen molar-refractivity contribution < 1.29 is 4.79 Å². The van der Waals surface area contributed by atoms with Gasteiger partial charge in [0.2, 0.25) is 0 Å². The maximum atomic E-state index is 11.8. The molecule has 2 aromatic rings. The molecule has 0 saturated heterocycles. The van der Waals surface area contributed by atoms with E-state index in [9.17, 15) is 4.79 Å². The van der Waals surface area contributed by atoms with Gasteiger partial charge >= 0.3 is 0 Å². The molecule has 0 saturated carbocycles. The van der Waals surface area contributed by atoms with Gasteiger partial charge in [-0.2, -0.15) is 5.10 Å². The lowest BCUT2D eigenvalue weighted by Crippen LogP contribution is -2.23. The predicted molar refractivity (Wildman–Crippen MR) is 65.6 cm³/mol. The van der Waals surface area contributed by atoms with E-state index in [1.165, 1.54) is 0 Å². The lowest BCUT2D eigenvalue weighted by Gasteiger charge is -2.06. The Kier molecular flexibility index (Phi) is 3.30. The number of nitrogens with one attached hydrogen (secondary N) is 2. The van der Waals surface area contributed by atoms with Gasteiger partial charge in [-0.05, 0) is 24.3 Å². The van der Waals surface area contributed by atoms with Crippen molar-refractivity contribution in [3.05, 3.63) is 46.7 Å². The molecular formula is C11H11ClN4O. The number of halogens is 1. The second-order valence-electron chi connectivity index (χ2n) is 3.50. The number of hydrogen-bond acceptors (Lipinski definition) is 3. The van der Waals surface area contributed by atoms with E-state index in [0.717, 1.165) is 5.69 Å². The quantitative estimate of drug-likeness (QED) is 0.723. The number of rotatable bonds is 3. The molecule has 2 rings (SSSR count). The van der Waals surface area contributed by atoms with Crippen LogP contribution in [0.1, 0.15) is 16.1 Å². The van der Waals surface area contributed by atoms with E-state index in [0.29, 0.717) is 22.8 Å². The Morgan fingerprint density at radius 3 is 2.94 bits per heavy atom. The van der Waals surface area contributed by atoms with E-state index >= 15 is 0 Å². The zero-order chi connectivity index (χ0) is 12.3. The van der Waals surface area contributed by atoms with Gasteiger partial charge in [0.05, 0.1) is 22.8 Å². The number of H-pyrrole nitrogens is 1. The highest BCUT2D eigenvalue weighted by molar-refractivity contribution is 6.34. The van der Waals surface area contributed by atoms with Gasteiger partial charge in [-0.15, -0.1) is 0 Å². The van der Waals surface area contributed by atoms with E-state index in [1.807, 2.05) is 0 Å².